The minimum absolute atomic E-state index is 0.00459. The minimum Gasteiger partial charge on any atom is -0.411 e. The first kappa shape index (κ1) is 15.9. The number of nitrogens with zero attached hydrogens (tertiary/aromatic N) is 2. The Morgan fingerprint density at radius 2 is 2.04 bits per heavy atom. The SMILES string of the molecule is O=C(CSc1nnc(-c2cccc(Cl)c2)o1)c1c[nH]c2ccccc12. The number of carbonyl (C=O) groups is 1. The number of Topliss-reactive ketones (excluding diaryl/α,β-unsaturated/α-hetero) is 1. The van der Waals surface area contributed by atoms with Gasteiger partial charge in [-0.15, -0.1) is 10.2 Å². The Bertz CT molecular complexity index is 1060. The van der Waals surface area contributed by atoms with Gasteiger partial charge in [-0.05, 0) is 24.3 Å². The predicted octanol–water partition coefficient (Wildman–Crippen LogP) is 4.85. The summed E-state index contributed by atoms with van der Waals surface area (Å²) < 4.78 is 5.60. The summed E-state index contributed by atoms with van der Waals surface area (Å²) in [6, 6.07) is 14.9. The molecule has 0 aliphatic heterocycles. The molecule has 0 aliphatic rings. The lowest BCUT2D eigenvalue weighted by Crippen LogP contribution is -2.01. The van der Waals surface area contributed by atoms with E-state index >= 15 is 0 Å². The van der Waals surface area contributed by atoms with Crippen molar-refractivity contribution in [1.82, 2.24) is 15.2 Å². The maximum absolute atomic E-state index is 12.5. The maximum Gasteiger partial charge on any atom is 0.277 e. The van der Waals surface area contributed by atoms with Crippen molar-refractivity contribution < 1.29 is 9.21 Å². The van der Waals surface area contributed by atoms with Crippen LogP contribution in [0.3, 0.4) is 0 Å². The summed E-state index contributed by atoms with van der Waals surface area (Å²) in [5.74, 6) is 0.605. The normalized spacial score (nSPS) is 11.1. The number of aromatic nitrogens is 3. The van der Waals surface area contributed by atoms with Crippen molar-refractivity contribution in [3.05, 3.63) is 65.3 Å². The summed E-state index contributed by atoms with van der Waals surface area (Å²) in [5, 5.41) is 9.85. The summed E-state index contributed by atoms with van der Waals surface area (Å²) in [4.78, 5) is 15.6. The van der Waals surface area contributed by atoms with Crippen molar-refractivity contribution in [2.75, 3.05) is 5.75 Å². The van der Waals surface area contributed by atoms with Crippen molar-refractivity contribution in [3.63, 3.8) is 0 Å². The molecule has 0 atom stereocenters. The number of hydrogen-bond acceptors (Lipinski definition) is 5. The van der Waals surface area contributed by atoms with E-state index in [1.54, 1.807) is 18.3 Å². The number of aromatic amines is 1. The van der Waals surface area contributed by atoms with E-state index in [-0.39, 0.29) is 11.5 Å². The van der Waals surface area contributed by atoms with Crippen LogP contribution in [0.1, 0.15) is 10.4 Å². The van der Waals surface area contributed by atoms with Crippen molar-refractivity contribution in [1.29, 1.82) is 0 Å². The average molecular weight is 370 g/mol. The lowest BCUT2D eigenvalue weighted by atomic mass is 10.1. The lowest BCUT2D eigenvalue weighted by Gasteiger charge is -1.97. The molecular weight excluding hydrogens is 358 g/mol. The molecule has 0 unspecified atom stereocenters. The molecule has 5 nitrogen and oxygen atoms in total. The van der Waals surface area contributed by atoms with Gasteiger partial charge in [0.2, 0.25) is 5.89 Å². The summed E-state index contributed by atoms with van der Waals surface area (Å²) in [7, 11) is 0. The second-order valence-electron chi connectivity index (χ2n) is 5.34. The zero-order chi connectivity index (χ0) is 17.2. The number of para-hydroxylation sites is 1. The van der Waals surface area contributed by atoms with Crippen LogP contribution in [-0.4, -0.2) is 26.7 Å². The Morgan fingerprint density at radius 3 is 2.92 bits per heavy atom. The average Bonchev–Trinajstić information content (AvgIpc) is 3.27. The van der Waals surface area contributed by atoms with E-state index in [2.05, 4.69) is 15.2 Å². The van der Waals surface area contributed by atoms with Crippen LogP contribution in [-0.2, 0) is 0 Å². The maximum atomic E-state index is 12.5. The topological polar surface area (TPSA) is 71.8 Å². The number of H-pyrrole nitrogens is 1. The van der Waals surface area contributed by atoms with Crippen molar-refractivity contribution >= 4 is 40.0 Å². The minimum atomic E-state index is 0.00459. The molecule has 0 saturated heterocycles. The quantitative estimate of drug-likeness (QED) is 0.402. The van der Waals surface area contributed by atoms with Crippen LogP contribution in [0.2, 0.25) is 5.02 Å². The molecule has 0 saturated carbocycles. The van der Waals surface area contributed by atoms with E-state index < -0.39 is 0 Å². The third-order valence-corrected chi connectivity index (χ3v) is 4.75. The van der Waals surface area contributed by atoms with Gasteiger partial charge in [-0.2, -0.15) is 0 Å². The fourth-order valence-electron chi connectivity index (χ4n) is 2.51. The van der Waals surface area contributed by atoms with Gasteiger partial charge in [0, 0.05) is 33.2 Å². The Kier molecular flexibility index (Phi) is 4.29. The zero-order valence-electron chi connectivity index (χ0n) is 12.9. The molecule has 0 radical (unpaired) electrons. The number of rotatable bonds is 5. The molecular formula is C18H12ClN3O2S. The van der Waals surface area contributed by atoms with Crippen LogP contribution in [0.25, 0.3) is 22.4 Å². The fraction of sp³-hybridized carbons (Fsp3) is 0.0556. The second-order valence-corrected chi connectivity index (χ2v) is 6.71. The summed E-state index contributed by atoms with van der Waals surface area (Å²) >= 11 is 7.18. The first-order valence-electron chi connectivity index (χ1n) is 7.52. The summed E-state index contributed by atoms with van der Waals surface area (Å²) in [6.45, 7) is 0. The highest BCUT2D eigenvalue weighted by molar-refractivity contribution is 7.99. The van der Waals surface area contributed by atoms with Gasteiger partial charge in [-0.1, -0.05) is 47.6 Å². The van der Waals surface area contributed by atoms with Crippen molar-refractivity contribution in [2.45, 2.75) is 5.22 Å². The monoisotopic (exact) mass is 369 g/mol. The first-order valence-corrected chi connectivity index (χ1v) is 8.88. The molecule has 2 aromatic heterocycles. The Morgan fingerprint density at radius 1 is 1.16 bits per heavy atom. The van der Waals surface area contributed by atoms with Gasteiger partial charge in [-0.3, -0.25) is 4.79 Å². The Hall–Kier alpha value is -2.57. The highest BCUT2D eigenvalue weighted by atomic mass is 35.5. The van der Waals surface area contributed by atoms with E-state index in [1.165, 1.54) is 11.8 Å². The van der Waals surface area contributed by atoms with Crippen LogP contribution in [0.15, 0.2) is 64.4 Å². The number of hydrogen-bond donors (Lipinski definition) is 1. The van der Waals surface area contributed by atoms with Crippen molar-refractivity contribution in [3.8, 4) is 11.5 Å². The number of nitrogens with one attached hydrogen (secondary N) is 1. The van der Waals surface area contributed by atoms with Crippen LogP contribution in [0.4, 0.5) is 0 Å². The number of thioether (sulfide) groups is 1. The standard InChI is InChI=1S/C18H12ClN3O2S/c19-12-5-3-4-11(8-12)17-21-22-18(24-17)25-10-16(23)14-9-20-15-7-2-1-6-13(14)15/h1-9,20H,10H2. The van der Waals surface area contributed by atoms with E-state index in [0.29, 0.717) is 21.7 Å². The molecule has 0 fully saturated rings. The third-order valence-electron chi connectivity index (χ3n) is 3.69. The largest absolute Gasteiger partial charge is 0.411 e. The molecule has 4 aromatic rings. The molecule has 25 heavy (non-hydrogen) atoms. The van der Waals surface area contributed by atoms with E-state index in [4.69, 9.17) is 16.0 Å². The molecule has 124 valence electrons. The second kappa shape index (κ2) is 6.74. The zero-order valence-corrected chi connectivity index (χ0v) is 14.5. The van der Waals surface area contributed by atoms with Gasteiger partial charge < -0.3 is 9.40 Å². The van der Waals surface area contributed by atoms with Gasteiger partial charge in [0.05, 0.1) is 5.75 Å². The molecule has 4 rings (SSSR count). The van der Waals surface area contributed by atoms with Crippen LogP contribution >= 0.6 is 23.4 Å². The summed E-state index contributed by atoms with van der Waals surface area (Å²) in [5.41, 5.74) is 2.35. The van der Waals surface area contributed by atoms with E-state index in [0.717, 1.165) is 16.5 Å². The van der Waals surface area contributed by atoms with Gasteiger partial charge in [0.1, 0.15) is 0 Å². The lowest BCUT2D eigenvalue weighted by molar-refractivity contribution is 0.102. The highest BCUT2D eigenvalue weighted by Crippen LogP contribution is 2.26. The first-order chi connectivity index (χ1) is 12.2. The Labute approximate surface area is 152 Å². The summed E-state index contributed by atoms with van der Waals surface area (Å²) in [6.07, 6.45) is 1.73. The fourth-order valence-corrected chi connectivity index (χ4v) is 3.35. The van der Waals surface area contributed by atoms with Crippen LogP contribution < -0.4 is 0 Å². The van der Waals surface area contributed by atoms with Gasteiger partial charge >= 0.3 is 0 Å². The molecule has 0 amide bonds. The van der Waals surface area contributed by atoms with E-state index in [1.807, 2.05) is 36.4 Å². The van der Waals surface area contributed by atoms with Crippen LogP contribution in [0.5, 0.6) is 0 Å². The number of ketones is 1. The smallest absolute Gasteiger partial charge is 0.277 e. The van der Waals surface area contributed by atoms with Gasteiger partial charge in [0.15, 0.2) is 5.78 Å². The highest BCUT2D eigenvalue weighted by Gasteiger charge is 2.15. The van der Waals surface area contributed by atoms with Gasteiger partial charge in [-0.25, -0.2) is 0 Å². The third kappa shape index (κ3) is 3.31. The molecule has 0 spiro atoms. The Balaban J connectivity index is 1.47. The molecule has 7 heteroatoms. The molecule has 1 N–H and O–H groups in total. The number of fused-ring (bicyclic) bond motifs is 1. The predicted molar refractivity (Wildman–Crippen MR) is 98.1 cm³/mol. The molecule has 2 aromatic carbocycles. The number of halogens is 1. The van der Waals surface area contributed by atoms with Gasteiger partial charge in [0.25, 0.3) is 5.22 Å². The van der Waals surface area contributed by atoms with E-state index in [9.17, 15) is 4.79 Å². The molecule has 0 aliphatic carbocycles. The molecule has 2 heterocycles. The van der Waals surface area contributed by atoms with Crippen molar-refractivity contribution in [2.24, 2.45) is 0 Å². The molecule has 0 bridgehead atoms. The number of benzene rings is 2. The number of carbonyl (C=O) groups excluding carboxylic acids is 1. The van der Waals surface area contributed by atoms with Crippen LogP contribution in [0, 0.1) is 0 Å².